The Morgan fingerprint density at radius 3 is 1.36 bits per heavy atom. The van der Waals surface area contributed by atoms with Crippen molar-refractivity contribution in [2.75, 3.05) is 9.80 Å². The van der Waals surface area contributed by atoms with Crippen LogP contribution in [0.5, 0.6) is 0 Å². The first kappa shape index (κ1) is 49.0. The predicted molar refractivity (Wildman–Crippen MR) is 353 cm³/mol. The minimum Gasteiger partial charge on any atom is -0.310 e. The highest BCUT2D eigenvalue weighted by atomic mass is 15.2. The number of fused-ring (bicyclic) bond motifs is 5. The highest BCUT2D eigenvalue weighted by Crippen LogP contribution is 2.60. The van der Waals surface area contributed by atoms with Gasteiger partial charge in [-0.15, -0.1) is 0 Å². The summed E-state index contributed by atoms with van der Waals surface area (Å²) in [6, 6.07) is 80.9. The van der Waals surface area contributed by atoms with E-state index in [4.69, 9.17) is 4.98 Å². The first-order valence-electron chi connectivity index (χ1n) is 30.5. The van der Waals surface area contributed by atoms with Crippen LogP contribution in [0.15, 0.2) is 219 Å². The summed E-state index contributed by atoms with van der Waals surface area (Å²) in [5, 5.41) is 5.21. The van der Waals surface area contributed by atoms with Crippen LogP contribution in [0.1, 0.15) is 124 Å². The number of benzene rings is 10. The maximum Gasteiger partial charge on any atom is 0.137 e. The van der Waals surface area contributed by atoms with E-state index in [0.717, 1.165) is 29.3 Å². The van der Waals surface area contributed by atoms with E-state index in [2.05, 4.69) is 288 Å². The Hall–Kier alpha value is -9.45. The SMILES string of the molecule is CC1(C)c2cc(CC3(C)c4cccc5c4-n4c6c(cc(N(c7ccccc7)c7ccccn7)cc6c6cccc3c64)C5(C)C)ccc2-c2ccc(N(c3ccccc3)c3cc4c5c(c3)c3cccc6c3n5-c3c(cccc3C4(C)C)C6(C)C)cc21. The molecule has 1 atom stereocenters. The van der Waals surface area contributed by atoms with Crippen molar-refractivity contribution < 1.29 is 0 Å². The molecular formula is C80H65N5. The summed E-state index contributed by atoms with van der Waals surface area (Å²) in [6.45, 7) is 22.0. The number of pyridine rings is 1. The quantitative estimate of drug-likeness (QED) is 0.152. The van der Waals surface area contributed by atoms with Crippen LogP contribution in [0.3, 0.4) is 0 Å². The number of anilines is 6. The smallest absolute Gasteiger partial charge is 0.137 e. The van der Waals surface area contributed by atoms with Gasteiger partial charge >= 0.3 is 0 Å². The summed E-state index contributed by atoms with van der Waals surface area (Å²) in [6.07, 6.45) is 2.76. The molecule has 13 aromatic rings. The summed E-state index contributed by atoms with van der Waals surface area (Å²) >= 11 is 0. The number of rotatable bonds is 8. The molecule has 85 heavy (non-hydrogen) atoms. The van der Waals surface area contributed by atoms with Crippen LogP contribution in [-0.4, -0.2) is 14.1 Å². The van der Waals surface area contributed by atoms with E-state index in [-0.39, 0.29) is 27.1 Å². The summed E-state index contributed by atoms with van der Waals surface area (Å²) < 4.78 is 5.28. The van der Waals surface area contributed by atoms with E-state index < -0.39 is 0 Å². The molecule has 0 bridgehead atoms. The van der Waals surface area contributed by atoms with Gasteiger partial charge in [0.2, 0.25) is 0 Å². The summed E-state index contributed by atoms with van der Waals surface area (Å²) in [5.41, 5.74) is 30.3. The van der Waals surface area contributed by atoms with Crippen LogP contribution in [-0.2, 0) is 33.5 Å². The second kappa shape index (κ2) is 16.2. The van der Waals surface area contributed by atoms with Crippen molar-refractivity contribution in [2.24, 2.45) is 0 Å². The van der Waals surface area contributed by atoms with Gasteiger partial charge in [-0.3, -0.25) is 4.90 Å². The molecule has 5 aliphatic rings. The molecule has 18 rings (SSSR count). The highest BCUT2D eigenvalue weighted by Gasteiger charge is 2.48. The molecule has 3 aromatic heterocycles. The van der Waals surface area contributed by atoms with Crippen molar-refractivity contribution in [2.45, 2.75) is 95.8 Å². The third-order valence-corrected chi connectivity index (χ3v) is 21.4. The van der Waals surface area contributed by atoms with Gasteiger partial charge in [0.1, 0.15) is 5.82 Å². The second-order valence-electron chi connectivity index (χ2n) is 27.4. The number of aromatic nitrogens is 3. The molecule has 1 aliphatic carbocycles. The largest absolute Gasteiger partial charge is 0.310 e. The average molecular weight is 1100 g/mol. The Bertz CT molecular complexity index is 5070. The van der Waals surface area contributed by atoms with E-state index in [1.165, 1.54) is 139 Å². The zero-order valence-electron chi connectivity index (χ0n) is 49.7. The van der Waals surface area contributed by atoms with Gasteiger partial charge < -0.3 is 14.0 Å². The van der Waals surface area contributed by atoms with Gasteiger partial charge in [0, 0.05) is 83.3 Å². The fourth-order valence-electron chi connectivity index (χ4n) is 17.2. The van der Waals surface area contributed by atoms with E-state index in [1.54, 1.807) is 0 Å². The Balaban J connectivity index is 0.765. The van der Waals surface area contributed by atoms with Gasteiger partial charge in [0.05, 0.1) is 33.4 Å². The standard InChI is InChI=1S/C80H65N5/c1-76(2)59-28-18-26-55-57-41-51(44-67-72(57)84(70(55)59)74-60(76)29-20-30-61(74)77(67,3)4)82(48-22-12-10-13-23-48)50-36-38-54-53-37-35-47(40-65(53)79(7,8)66(54)43-50)46-80(9)63-32-19-27-56-58-42-52(83(49-24-14-11-15-25-49)69-34-16-17-39-81-69)45-68-73(58)85(71(56)63)75-62(78(68,5)6)31-21-33-64(75)80/h10-45H,46H2,1-9H3. The molecular weight excluding hydrogens is 1030 g/mol. The van der Waals surface area contributed by atoms with Crippen molar-refractivity contribution in [3.05, 3.63) is 280 Å². The molecule has 0 fully saturated rings. The number of nitrogens with zero attached hydrogens (tertiary/aromatic N) is 5. The van der Waals surface area contributed by atoms with E-state index >= 15 is 0 Å². The topological polar surface area (TPSA) is 29.2 Å². The molecule has 4 aliphatic heterocycles. The Morgan fingerprint density at radius 1 is 0.318 bits per heavy atom. The van der Waals surface area contributed by atoms with Gasteiger partial charge in [-0.1, -0.05) is 202 Å². The van der Waals surface area contributed by atoms with Crippen molar-refractivity contribution >= 4 is 77.9 Å². The Morgan fingerprint density at radius 2 is 0.765 bits per heavy atom. The lowest BCUT2D eigenvalue weighted by molar-refractivity contribution is 0.547. The molecule has 5 heteroatoms. The molecule has 410 valence electrons. The first-order valence-corrected chi connectivity index (χ1v) is 30.5. The van der Waals surface area contributed by atoms with Crippen LogP contribution in [0.4, 0.5) is 34.3 Å². The molecule has 0 saturated heterocycles. The minimum absolute atomic E-state index is 0.133. The molecule has 0 spiro atoms. The van der Waals surface area contributed by atoms with Crippen LogP contribution in [0.2, 0.25) is 0 Å². The summed E-state index contributed by atoms with van der Waals surface area (Å²) in [4.78, 5) is 9.78. The molecule has 5 nitrogen and oxygen atoms in total. The number of hydrogen-bond donors (Lipinski definition) is 0. The van der Waals surface area contributed by atoms with Crippen LogP contribution in [0, 0.1) is 0 Å². The average Bonchev–Trinajstić information content (AvgIpc) is 1.60. The van der Waals surface area contributed by atoms with Gasteiger partial charge in [-0.05, 0) is 152 Å². The maximum absolute atomic E-state index is 4.94. The lowest BCUT2D eigenvalue weighted by Crippen LogP contribution is -2.36. The van der Waals surface area contributed by atoms with Crippen LogP contribution in [0.25, 0.3) is 66.1 Å². The summed E-state index contributed by atoms with van der Waals surface area (Å²) in [7, 11) is 0. The fraction of sp³-hybridized carbons (Fsp3) is 0.188. The monoisotopic (exact) mass is 1100 g/mol. The Kier molecular flexibility index (Phi) is 9.37. The Labute approximate surface area is 497 Å². The number of hydrogen-bond acceptors (Lipinski definition) is 3. The molecule has 0 radical (unpaired) electrons. The molecule has 0 saturated carbocycles. The van der Waals surface area contributed by atoms with Crippen LogP contribution >= 0.6 is 0 Å². The fourth-order valence-corrected chi connectivity index (χ4v) is 17.2. The summed E-state index contributed by atoms with van der Waals surface area (Å²) in [5.74, 6) is 0.896. The van der Waals surface area contributed by atoms with Crippen molar-refractivity contribution in [3.8, 4) is 22.5 Å². The minimum atomic E-state index is -0.329. The normalized spacial score (nSPS) is 17.7. The lowest BCUT2D eigenvalue weighted by atomic mass is 9.66. The molecule has 0 amide bonds. The van der Waals surface area contributed by atoms with E-state index in [1.807, 2.05) is 12.3 Å². The lowest BCUT2D eigenvalue weighted by Gasteiger charge is -2.43. The van der Waals surface area contributed by atoms with Gasteiger partial charge in [-0.25, -0.2) is 4.98 Å². The highest BCUT2D eigenvalue weighted by molar-refractivity contribution is 6.17. The third-order valence-electron chi connectivity index (χ3n) is 21.4. The second-order valence-corrected chi connectivity index (χ2v) is 27.4. The van der Waals surface area contributed by atoms with Crippen molar-refractivity contribution in [3.63, 3.8) is 0 Å². The van der Waals surface area contributed by atoms with E-state index in [9.17, 15) is 0 Å². The maximum atomic E-state index is 4.94. The van der Waals surface area contributed by atoms with Crippen LogP contribution < -0.4 is 9.80 Å². The molecule has 7 heterocycles. The van der Waals surface area contributed by atoms with E-state index in [0.29, 0.717) is 0 Å². The first-order chi connectivity index (χ1) is 41.1. The molecule has 1 unspecified atom stereocenters. The van der Waals surface area contributed by atoms with Crippen molar-refractivity contribution in [1.82, 2.24) is 14.1 Å². The van der Waals surface area contributed by atoms with Gasteiger partial charge in [-0.2, -0.15) is 0 Å². The molecule has 10 aromatic carbocycles. The number of para-hydroxylation sites is 6. The van der Waals surface area contributed by atoms with Crippen molar-refractivity contribution in [1.29, 1.82) is 0 Å². The van der Waals surface area contributed by atoms with Gasteiger partial charge in [0.15, 0.2) is 0 Å². The zero-order valence-corrected chi connectivity index (χ0v) is 49.7. The zero-order chi connectivity index (χ0) is 57.4. The predicted octanol–water partition coefficient (Wildman–Crippen LogP) is 20.3. The molecule has 0 N–H and O–H groups in total. The third kappa shape index (κ3) is 6.10. The van der Waals surface area contributed by atoms with Gasteiger partial charge in [0.25, 0.3) is 0 Å².